The molecule has 0 aromatic heterocycles. The maximum Gasteiger partial charge on any atom is 0.506 e. The topological polar surface area (TPSA) is 93.1 Å². The van der Waals surface area contributed by atoms with Crippen molar-refractivity contribution in [2.75, 3.05) is 6.61 Å². The van der Waals surface area contributed by atoms with Crippen LogP contribution in [0.1, 0.15) is 57.4 Å². The van der Waals surface area contributed by atoms with Crippen LogP contribution >= 0.6 is 0 Å². The fourth-order valence-electron chi connectivity index (χ4n) is 2.17. The Kier molecular flexibility index (Phi) is 13.9. The predicted molar refractivity (Wildman–Crippen MR) is 96.0 cm³/mol. The zero-order valence-electron chi connectivity index (χ0n) is 15.1. The second kappa shape index (κ2) is 15.3. The summed E-state index contributed by atoms with van der Waals surface area (Å²) in [5, 5.41) is 16.8. The van der Waals surface area contributed by atoms with Crippen LogP contribution in [0.25, 0.3) is 0 Å². The molecule has 142 valence electrons. The highest BCUT2D eigenvalue weighted by atomic mass is 16.7. The van der Waals surface area contributed by atoms with Gasteiger partial charge in [0.1, 0.15) is 12.7 Å². The number of carboxylic acid groups (broad SMARTS) is 2. The van der Waals surface area contributed by atoms with Crippen LogP contribution in [-0.4, -0.2) is 35.2 Å². The second-order valence-corrected chi connectivity index (χ2v) is 5.79. The number of unbranched alkanes of at least 4 members (excludes halogenated alkanes) is 5. The van der Waals surface area contributed by atoms with Crippen LogP contribution < -0.4 is 0 Å². The van der Waals surface area contributed by atoms with Crippen LogP contribution in [0.3, 0.4) is 0 Å². The molecule has 0 aliphatic rings. The lowest BCUT2D eigenvalue weighted by atomic mass is 10.1. The van der Waals surface area contributed by atoms with Crippen LogP contribution in [0.2, 0.25) is 0 Å². The molecule has 0 saturated carbocycles. The van der Waals surface area contributed by atoms with E-state index in [1.807, 2.05) is 18.2 Å². The quantitative estimate of drug-likeness (QED) is 0.426. The zero-order chi connectivity index (χ0) is 18.9. The average Bonchev–Trinajstić information content (AvgIpc) is 2.56. The van der Waals surface area contributed by atoms with Crippen molar-refractivity contribution in [2.45, 2.75) is 64.9 Å². The van der Waals surface area contributed by atoms with Gasteiger partial charge in [-0.1, -0.05) is 74.9 Å². The maximum atomic E-state index is 10.4. The third kappa shape index (κ3) is 16.4. The molecule has 0 saturated heterocycles. The Morgan fingerprint density at radius 1 is 0.960 bits per heavy atom. The van der Waals surface area contributed by atoms with Gasteiger partial charge in [-0.25, -0.2) is 9.59 Å². The van der Waals surface area contributed by atoms with Crippen molar-refractivity contribution in [3.8, 4) is 0 Å². The molecule has 1 atom stereocenters. The Bertz CT molecular complexity index is 460. The molecular weight excluding hydrogens is 324 g/mol. The van der Waals surface area contributed by atoms with Gasteiger partial charge in [-0.2, -0.15) is 0 Å². The van der Waals surface area contributed by atoms with Crippen LogP contribution in [-0.2, 0) is 9.47 Å². The molecule has 0 bridgehead atoms. The standard InChI is InChI=1S/C12H22O6.C7H8/c1-2-3-4-5-6-7-8-10(18-12(15)16)9-17-11(13)14;1-7-5-3-2-4-6-7/h10H,2-9H2,1H3,(H,13,14)(H,15,16);2-6H,1H3. The molecule has 6 heteroatoms. The van der Waals surface area contributed by atoms with Gasteiger partial charge in [0.2, 0.25) is 0 Å². The molecule has 1 unspecified atom stereocenters. The van der Waals surface area contributed by atoms with Crippen molar-refractivity contribution in [1.82, 2.24) is 0 Å². The second-order valence-electron chi connectivity index (χ2n) is 5.79. The Morgan fingerprint density at radius 3 is 2.04 bits per heavy atom. The fraction of sp³-hybridized carbons (Fsp3) is 0.579. The first-order chi connectivity index (χ1) is 12.0. The number of carbonyl (C=O) groups is 2. The molecule has 1 rings (SSSR count). The van der Waals surface area contributed by atoms with Gasteiger partial charge in [0.25, 0.3) is 0 Å². The summed E-state index contributed by atoms with van der Waals surface area (Å²) in [4.78, 5) is 20.6. The number of benzene rings is 1. The van der Waals surface area contributed by atoms with Crippen LogP contribution in [0, 0.1) is 6.92 Å². The van der Waals surface area contributed by atoms with E-state index in [9.17, 15) is 9.59 Å². The Morgan fingerprint density at radius 2 is 1.56 bits per heavy atom. The molecular formula is C19H30O6. The minimum absolute atomic E-state index is 0.239. The highest BCUT2D eigenvalue weighted by Crippen LogP contribution is 2.11. The molecule has 0 heterocycles. The molecule has 2 N–H and O–H groups in total. The number of rotatable bonds is 10. The molecule has 1 aromatic rings. The predicted octanol–water partition coefficient (Wildman–Crippen LogP) is 5.49. The van der Waals surface area contributed by atoms with Crippen molar-refractivity contribution in [3.05, 3.63) is 35.9 Å². The Balaban J connectivity index is 0.000000676. The number of ether oxygens (including phenoxy) is 2. The number of hydrogen-bond donors (Lipinski definition) is 2. The van der Waals surface area contributed by atoms with Gasteiger partial charge in [-0.05, 0) is 19.8 Å². The van der Waals surface area contributed by atoms with Gasteiger partial charge in [0.05, 0.1) is 0 Å². The molecule has 0 aliphatic heterocycles. The fourth-order valence-corrected chi connectivity index (χ4v) is 2.17. The first kappa shape index (κ1) is 22.8. The van der Waals surface area contributed by atoms with Crippen molar-refractivity contribution >= 4 is 12.3 Å². The summed E-state index contributed by atoms with van der Waals surface area (Å²) in [5.41, 5.74) is 1.32. The first-order valence-electron chi connectivity index (χ1n) is 8.72. The monoisotopic (exact) mass is 354 g/mol. The maximum absolute atomic E-state index is 10.4. The summed E-state index contributed by atoms with van der Waals surface area (Å²) < 4.78 is 8.89. The zero-order valence-corrected chi connectivity index (χ0v) is 15.1. The average molecular weight is 354 g/mol. The number of hydrogen-bond acceptors (Lipinski definition) is 4. The lowest BCUT2D eigenvalue weighted by Gasteiger charge is -2.14. The Hall–Kier alpha value is -2.24. The van der Waals surface area contributed by atoms with E-state index in [0.717, 1.165) is 19.3 Å². The van der Waals surface area contributed by atoms with Gasteiger partial charge in [0.15, 0.2) is 0 Å². The molecule has 0 radical (unpaired) electrons. The van der Waals surface area contributed by atoms with Gasteiger partial charge < -0.3 is 19.7 Å². The molecule has 1 aromatic carbocycles. The van der Waals surface area contributed by atoms with Gasteiger partial charge >= 0.3 is 12.3 Å². The lowest BCUT2D eigenvalue weighted by Crippen LogP contribution is -2.24. The molecule has 0 spiro atoms. The minimum Gasteiger partial charge on any atom is -0.450 e. The Labute approximate surface area is 149 Å². The number of aryl methyl sites for hydroxylation is 1. The van der Waals surface area contributed by atoms with Crippen molar-refractivity contribution in [3.63, 3.8) is 0 Å². The van der Waals surface area contributed by atoms with Gasteiger partial charge in [0, 0.05) is 0 Å². The summed E-state index contributed by atoms with van der Waals surface area (Å²) in [7, 11) is 0. The smallest absolute Gasteiger partial charge is 0.450 e. The van der Waals surface area contributed by atoms with E-state index < -0.39 is 18.4 Å². The molecule has 0 fully saturated rings. The van der Waals surface area contributed by atoms with E-state index >= 15 is 0 Å². The van der Waals surface area contributed by atoms with E-state index in [4.69, 9.17) is 10.2 Å². The van der Waals surface area contributed by atoms with E-state index in [2.05, 4.69) is 35.5 Å². The summed E-state index contributed by atoms with van der Waals surface area (Å²) in [6.07, 6.45) is 3.43. The van der Waals surface area contributed by atoms with Gasteiger partial charge in [-0.3, -0.25) is 0 Å². The molecule has 0 aliphatic carbocycles. The van der Waals surface area contributed by atoms with Crippen molar-refractivity contribution in [2.24, 2.45) is 0 Å². The van der Waals surface area contributed by atoms with E-state index in [1.165, 1.54) is 24.8 Å². The normalized spacial score (nSPS) is 11.0. The highest BCUT2D eigenvalue weighted by Gasteiger charge is 2.15. The van der Waals surface area contributed by atoms with E-state index in [1.54, 1.807) is 0 Å². The third-order valence-electron chi connectivity index (χ3n) is 3.48. The van der Waals surface area contributed by atoms with Crippen molar-refractivity contribution in [1.29, 1.82) is 0 Å². The van der Waals surface area contributed by atoms with Crippen LogP contribution in [0.5, 0.6) is 0 Å². The summed E-state index contributed by atoms with van der Waals surface area (Å²) >= 11 is 0. The van der Waals surface area contributed by atoms with E-state index in [0.29, 0.717) is 6.42 Å². The van der Waals surface area contributed by atoms with Crippen LogP contribution in [0.4, 0.5) is 9.59 Å². The SMILES string of the molecule is CCCCCCCCC(COC(=O)O)OC(=O)O.Cc1ccccc1. The summed E-state index contributed by atoms with van der Waals surface area (Å²) in [5.74, 6) is 0. The molecule has 6 nitrogen and oxygen atoms in total. The van der Waals surface area contributed by atoms with Gasteiger partial charge in [-0.15, -0.1) is 0 Å². The van der Waals surface area contributed by atoms with Crippen LogP contribution in [0.15, 0.2) is 30.3 Å². The minimum atomic E-state index is -1.42. The molecule has 0 amide bonds. The largest absolute Gasteiger partial charge is 0.506 e. The third-order valence-corrected chi connectivity index (χ3v) is 3.48. The summed E-state index contributed by atoms with van der Waals surface area (Å²) in [6, 6.07) is 10.3. The molecule has 25 heavy (non-hydrogen) atoms. The highest BCUT2D eigenvalue weighted by molar-refractivity contribution is 5.58. The lowest BCUT2D eigenvalue weighted by molar-refractivity contribution is 0.00102. The van der Waals surface area contributed by atoms with Crippen molar-refractivity contribution < 1.29 is 29.3 Å². The summed E-state index contributed by atoms with van der Waals surface area (Å²) in [6.45, 7) is 3.98. The first-order valence-corrected chi connectivity index (χ1v) is 8.72. The van der Waals surface area contributed by atoms with E-state index in [-0.39, 0.29) is 6.61 Å².